The van der Waals surface area contributed by atoms with Crippen molar-refractivity contribution < 1.29 is 18.3 Å². The summed E-state index contributed by atoms with van der Waals surface area (Å²) < 4.78 is 25.3. The van der Waals surface area contributed by atoms with E-state index in [1.165, 1.54) is 6.07 Å². The van der Waals surface area contributed by atoms with Gasteiger partial charge >= 0.3 is 5.97 Å². The second-order valence-electron chi connectivity index (χ2n) is 5.45. The van der Waals surface area contributed by atoms with Gasteiger partial charge in [-0.25, -0.2) is 13.2 Å². The summed E-state index contributed by atoms with van der Waals surface area (Å²) in [5.74, 6) is -1.39. The highest BCUT2D eigenvalue weighted by atomic mass is 79.9. The molecule has 0 aromatic heterocycles. The average Bonchev–Trinajstić information content (AvgIpc) is 2.39. The quantitative estimate of drug-likeness (QED) is 0.854. The smallest absolute Gasteiger partial charge is 0.335 e. The fourth-order valence-corrected chi connectivity index (χ4v) is 4.13. The lowest BCUT2D eigenvalue weighted by Gasteiger charge is -2.16. The molecular weight excluding hydrogens is 358 g/mol. The van der Waals surface area contributed by atoms with Crippen LogP contribution in [0.25, 0.3) is 0 Å². The van der Waals surface area contributed by atoms with Crippen LogP contribution >= 0.6 is 15.9 Å². The van der Waals surface area contributed by atoms with Gasteiger partial charge in [-0.3, -0.25) is 0 Å². The van der Waals surface area contributed by atoms with Crippen LogP contribution in [0.15, 0.2) is 21.5 Å². The number of nitriles is 1. The van der Waals surface area contributed by atoms with Crippen LogP contribution in [0, 0.1) is 23.7 Å². The van der Waals surface area contributed by atoms with E-state index in [0.717, 1.165) is 6.07 Å². The van der Waals surface area contributed by atoms with Gasteiger partial charge < -0.3 is 5.11 Å². The molecule has 0 aliphatic rings. The van der Waals surface area contributed by atoms with Gasteiger partial charge in [0.05, 0.1) is 27.7 Å². The van der Waals surface area contributed by atoms with Crippen LogP contribution in [0.1, 0.15) is 36.2 Å². The van der Waals surface area contributed by atoms with E-state index in [-0.39, 0.29) is 22.6 Å². The molecule has 5 nitrogen and oxygen atoms in total. The summed E-state index contributed by atoms with van der Waals surface area (Å²) in [4.78, 5) is 11.0. The van der Waals surface area contributed by atoms with Crippen molar-refractivity contribution in [2.24, 2.45) is 5.41 Å². The molecule has 0 heterocycles. The minimum Gasteiger partial charge on any atom is -0.478 e. The number of sulfone groups is 1. The van der Waals surface area contributed by atoms with Crippen molar-refractivity contribution in [1.29, 1.82) is 5.26 Å². The molecule has 0 aliphatic heterocycles. The minimum absolute atomic E-state index is 0.0111. The first-order valence-electron chi connectivity index (χ1n) is 6.17. The Hall–Kier alpha value is -1.39. The molecule has 0 saturated carbocycles. The molecule has 0 bridgehead atoms. The lowest BCUT2D eigenvalue weighted by molar-refractivity contribution is 0.0696. The van der Waals surface area contributed by atoms with Crippen molar-refractivity contribution in [1.82, 2.24) is 0 Å². The van der Waals surface area contributed by atoms with Crippen molar-refractivity contribution in [2.45, 2.75) is 32.1 Å². The van der Waals surface area contributed by atoms with Crippen molar-refractivity contribution in [3.63, 3.8) is 0 Å². The van der Waals surface area contributed by atoms with Crippen molar-refractivity contribution in [2.75, 3.05) is 5.75 Å². The van der Waals surface area contributed by atoms with Crippen molar-refractivity contribution in [3.8, 4) is 6.07 Å². The first kappa shape index (κ1) is 17.7. The molecule has 1 rings (SSSR count). The lowest BCUT2D eigenvalue weighted by atomic mass is 9.93. The van der Waals surface area contributed by atoms with Crippen molar-refractivity contribution >= 4 is 31.7 Å². The molecule has 1 aromatic carbocycles. The second-order valence-corrected chi connectivity index (χ2v) is 8.38. The van der Waals surface area contributed by atoms with Crippen LogP contribution in [0.5, 0.6) is 0 Å². The number of hydrogen-bond acceptors (Lipinski definition) is 4. The van der Waals surface area contributed by atoms with Gasteiger partial charge in [0.1, 0.15) is 0 Å². The van der Waals surface area contributed by atoms with Gasteiger partial charge in [-0.15, -0.1) is 0 Å². The molecule has 1 aromatic rings. The van der Waals surface area contributed by atoms with E-state index in [1.54, 1.807) is 20.8 Å². The van der Waals surface area contributed by atoms with E-state index in [2.05, 4.69) is 22.0 Å². The zero-order chi connectivity index (χ0) is 16.4. The Morgan fingerprint density at radius 1 is 1.43 bits per heavy atom. The summed E-state index contributed by atoms with van der Waals surface area (Å²) in [7, 11) is -3.66. The zero-order valence-electron chi connectivity index (χ0n) is 12.0. The second kappa shape index (κ2) is 6.16. The molecule has 0 fully saturated rings. The molecule has 21 heavy (non-hydrogen) atoms. The number of carbonyl (C=O) groups is 1. The third-order valence-electron chi connectivity index (χ3n) is 3.18. The van der Waals surface area contributed by atoms with E-state index < -0.39 is 21.2 Å². The monoisotopic (exact) mass is 373 g/mol. The number of halogens is 1. The number of carboxylic acid groups (broad SMARTS) is 1. The Balaban J connectivity index is 3.26. The largest absolute Gasteiger partial charge is 0.478 e. The maximum absolute atomic E-state index is 12.4. The summed E-state index contributed by atoms with van der Waals surface area (Å²) >= 11 is 3.18. The summed E-state index contributed by atoms with van der Waals surface area (Å²) in [5.41, 5.74) is -0.372. The summed E-state index contributed by atoms with van der Waals surface area (Å²) in [6, 6.07) is 4.59. The van der Waals surface area contributed by atoms with Gasteiger partial charge in [-0.1, -0.05) is 15.9 Å². The Morgan fingerprint density at radius 2 is 2.00 bits per heavy atom. The molecule has 0 atom stereocenters. The molecule has 0 amide bonds. The Bertz CT molecular complexity index is 717. The number of rotatable bonds is 5. The topological polar surface area (TPSA) is 95.2 Å². The van der Waals surface area contributed by atoms with Crippen LogP contribution in [-0.4, -0.2) is 25.2 Å². The van der Waals surface area contributed by atoms with Crippen LogP contribution in [0.4, 0.5) is 0 Å². The minimum atomic E-state index is -3.66. The molecule has 0 unspecified atom stereocenters. The van der Waals surface area contributed by atoms with Gasteiger partial charge in [0.15, 0.2) is 9.84 Å². The van der Waals surface area contributed by atoms with Crippen LogP contribution in [0.3, 0.4) is 0 Å². The maximum Gasteiger partial charge on any atom is 0.335 e. The van der Waals surface area contributed by atoms with Crippen molar-refractivity contribution in [3.05, 3.63) is 27.7 Å². The number of benzene rings is 1. The normalized spacial score (nSPS) is 12.0. The lowest BCUT2D eigenvalue weighted by Crippen LogP contribution is -2.17. The zero-order valence-corrected chi connectivity index (χ0v) is 14.4. The summed E-state index contributed by atoms with van der Waals surface area (Å²) in [6.45, 7) is 4.94. The van der Waals surface area contributed by atoms with E-state index in [0.29, 0.717) is 10.0 Å². The molecule has 1 N–H and O–H groups in total. The van der Waals surface area contributed by atoms with Crippen LogP contribution < -0.4 is 0 Å². The number of carboxylic acids is 1. The number of nitrogens with zero attached hydrogens (tertiary/aromatic N) is 1. The molecule has 7 heteroatoms. The third-order valence-corrected chi connectivity index (χ3v) is 5.84. The highest BCUT2D eigenvalue weighted by molar-refractivity contribution is 9.10. The number of hydrogen-bond donors (Lipinski definition) is 1. The molecular formula is C14H16BrNO4S. The Morgan fingerprint density at radius 3 is 2.48 bits per heavy atom. The fraction of sp³-hybridized carbons (Fsp3) is 0.429. The molecule has 0 spiro atoms. The van der Waals surface area contributed by atoms with Gasteiger partial charge in [-0.2, -0.15) is 5.26 Å². The van der Waals surface area contributed by atoms with Gasteiger partial charge in [0.2, 0.25) is 0 Å². The standard InChI is InChI=1S/C14H16BrNO4S/c1-9-11(15)6-10(13(17)18)7-12(9)21(19,20)5-4-14(2,3)8-16/h6-7H,4-5H2,1-3H3,(H,17,18). The van der Waals surface area contributed by atoms with Crippen LogP contribution in [0.2, 0.25) is 0 Å². The van der Waals surface area contributed by atoms with Gasteiger partial charge in [0.25, 0.3) is 0 Å². The fourth-order valence-electron chi connectivity index (χ4n) is 1.66. The molecule has 0 aliphatic carbocycles. The molecule has 114 valence electrons. The molecule has 0 saturated heterocycles. The highest BCUT2D eigenvalue weighted by Crippen LogP contribution is 2.29. The highest BCUT2D eigenvalue weighted by Gasteiger charge is 2.25. The van der Waals surface area contributed by atoms with Gasteiger partial charge in [0, 0.05) is 4.47 Å². The Kier molecular flexibility index (Phi) is 5.18. The predicted molar refractivity (Wildman–Crippen MR) is 81.9 cm³/mol. The molecule has 0 radical (unpaired) electrons. The Labute approximate surface area is 132 Å². The van der Waals surface area contributed by atoms with E-state index in [1.807, 2.05) is 0 Å². The first-order chi connectivity index (χ1) is 9.50. The SMILES string of the molecule is Cc1c(Br)cc(C(=O)O)cc1S(=O)(=O)CCC(C)(C)C#N. The van der Waals surface area contributed by atoms with E-state index in [9.17, 15) is 13.2 Å². The summed E-state index contributed by atoms with van der Waals surface area (Å²) in [5, 5.41) is 18.0. The summed E-state index contributed by atoms with van der Waals surface area (Å²) in [6.07, 6.45) is 0.181. The third kappa shape index (κ3) is 4.29. The first-order valence-corrected chi connectivity index (χ1v) is 8.62. The van der Waals surface area contributed by atoms with Crippen LogP contribution in [-0.2, 0) is 9.84 Å². The maximum atomic E-state index is 12.4. The van der Waals surface area contributed by atoms with E-state index in [4.69, 9.17) is 10.4 Å². The van der Waals surface area contributed by atoms with Gasteiger partial charge in [-0.05, 0) is 44.9 Å². The van der Waals surface area contributed by atoms with E-state index >= 15 is 0 Å². The number of aromatic carboxylic acids is 1. The predicted octanol–water partition coefficient (Wildman–Crippen LogP) is 3.17. The average molecular weight is 374 g/mol.